The normalized spacial score (nSPS) is 12.0. The molecule has 0 saturated heterocycles. The number of primary amides is 1. The van der Waals surface area contributed by atoms with Crippen LogP contribution >= 0.6 is 0 Å². The Kier molecular flexibility index (Phi) is 9.26. The van der Waals surface area contributed by atoms with E-state index in [0.29, 0.717) is 61.7 Å². The van der Waals surface area contributed by atoms with Gasteiger partial charge >= 0.3 is 12.7 Å². The molecule has 0 unspecified atom stereocenters. The van der Waals surface area contributed by atoms with Crippen molar-refractivity contribution in [3.63, 3.8) is 0 Å². The van der Waals surface area contributed by atoms with Gasteiger partial charge in [0.2, 0.25) is 5.91 Å². The summed E-state index contributed by atoms with van der Waals surface area (Å²) in [5.74, 6) is -0.166. The van der Waals surface area contributed by atoms with E-state index in [2.05, 4.69) is 34.4 Å². The Hall–Kier alpha value is -6.78. The van der Waals surface area contributed by atoms with Gasteiger partial charge in [-0.3, -0.25) is 18.6 Å². The molecule has 2 N–H and O–H groups in total. The second-order valence-corrected chi connectivity index (χ2v) is 12.8. The highest BCUT2D eigenvalue weighted by Crippen LogP contribution is 2.34. The molecule has 0 aliphatic rings. The van der Waals surface area contributed by atoms with Gasteiger partial charge in [0.25, 0.3) is 0 Å². The topological polar surface area (TPSA) is 135 Å². The SMILES string of the molecule is Cc1cnccc1-c1nc(C)c2c(C)nc3ccc(OC(F)(F)F)cc3n12.Cc1nc(-c2cccc(C(N)=O)c2)n2c1c(C)nc1ccc(OC(F)(F)F)cc12. The summed E-state index contributed by atoms with van der Waals surface area (Å²) >= 11 is 0. The van der Waals surface area contributed by atoms with Crippen LogP contribution in [-0.2, 0) is 0 Å². The molecule has 11 nitrogen and oxygen atoms in total. The van der Waals surface area contributed by atoms with Crippen LogP contribution in [0.4, 0.5) is 26.3 Å². The van der Waals surface area contributed by atoms with Gasteiger partial charge in [-0.2, -0.15) is 0 Å². The first kappa shape index (κ1) is 37.5. The van der Waals surface area contributed by atoms with Crippen molar-refractivity contribution >= 4 is 39.0 Å². The highest BCUT2D eigenvalue weighted by atomic mass is 19.4. The van der Waals surface area contributed by atoms with E-state index in [9.17, 15) is 31.1 Å². The van der Waals surface area contributed by atoms with E-state index in [-0.39, 0.29) is 11.5 Å². The van der Waals surface area contributed by atoms with Crippen molar-refractivity contribution in [3.05, 3.63) is 113 Å². The molecule has 286 valence electrons. The van der Waals surface area contributed by atoms with Crippen molar-refractivity contribution in [3.8, 4) is 34.3 Å². The minimum atomic E-state index is -4.81. The van der Waals surface area contributed by atoms with Gasteiger partial charge in [0.05, 0.1) is 55.9 Å². The minimum absolute atomic E-state index is 0.299. The first-order valence-electron chi connectivity index (χ1n) is 16.8. The average molecular weight is 773 g/mol. The summed E-state index contributed by atoms with van der Waals surface area (Å²) in [7, 11) is 0. The fourth-order valence-electron chi connectivity index (χ4n) is 6.70. The molecular formula is C39H30F6N8O3. The third-order valence-corrected chi connectivity index (χ3v) is 8.87. The molecule has 1 amide bonds. The molecule has 0 fully saturated rings. The van der Waals surface area contributed by atoms with Crippen molar-refractivity contribution in [2.24, 2.45) is 5.73 Å². The van der Waals surface area contributed by atoms with Gasteiger partial charge in [-0.15, -0.1) is 26.3 Å². The number of rotatable bonds is 5. The lowest BCUT2D eigenvalue weighted by Gasteiger charge is -2.12. The van der Waals surface area contributed by atoms with Crippen LogP contribution in [0.5, 0.6) is 11.5 Å². The zero-order valence-electron chi connectivity index (χ0n) is 30.2. The number of hydrogen-bond donors (Lipinski definition) is 1. The molecule has 8 rings (SSSR count). The second-order valence-electron chi connectivity index (χ2n) is 12.8. The molecule has 0 atom stereocenters. The van der Waals surface area contributed by atoms with Gasteiger partial charge in [0.15, 0.2) is 0 Å². The highest BCUT2D eigenvalue weighted by molar-refractivity contribution is 5.94. The molecule has 17 heteroatoms. The summed E-state index contributed by atoms with van der Waals surface area (Å²) in [4.78, 5) is 33.9. The number of aromatic nitrogens is 7. The van der Waals surface area contributed by atoms with Crippen LogP contribution in [0.3, 0.4) is 0 Å². The lowest BCUT2D eigenvalue weighted by Crippen LogP contribution is -2.17. The third-order valence-electron chi connectivity index (χ3n) is 8.87. The number of hydrogen-bond acceptors (Lipinski definition) is 8. The van der Waals surface area contributed by atoms with Crippen LogP contribution in [0.2, 0.25) is 0 Å². The molecule has 0 aliphatic heterocycles. The molecule has 0 spiro atoms. The van der Waals surface area contributed by atoms with Gasteiger partial charge in [-0.05, 0) is 82.6 Å². The van der Waals surface area contributed by atoms with Crippen LogP contribution in [0, 0.1) is 34.6 Å². The molecule has 5 aromatic heterocycles. The Morgan fingerprint density at radius 1 is 0.643 bits per heavy atom. The summed E-state index contributed by atoms with van der Waals surface area (Å²) in [6.07, 6.45) is -6.19. The quantitative estimate of drug-likeness (QED) is 0.172. The summed E-state index contributed by atoms with van der Waals surface area (Å²) in [5.41, 5.74) is 14.2. The first-order chi connectivity index (χ1) is 26.4. The number of pyridine rings is 1. The molecule has 8 aromatic rings. The predicted octanol–water partition coefficient (Wildman–Crippen LogP) is 8.93. The summed E-state index contributed by atoms with van der Waals surface area (Å²) in [5, 5.41) is 0. The number of alkyl halides is 6. The van der Waals surface area contributed by atoms with Crippen LogP contribution < -0.4 is 15.2 Å². The predicted molar refractivity (Wildman–Crippen MR) is 195 cm³/mol. The Morgan fingerprint density at radius 3 is 1.64 bits per heavy atom. The average Bonchev–Trinajstić information content (AvgIpc) is 3.66. The van der Waals surface area contributed by atoms with Crippen LogP contribution in [0.15, 0.2) is 79.1 Å². The number of ether oxygens (including phenoxy) is 2. The van der Waals surface area contributed by atoms with Crippen LogP contribution in [0.1, 0.15) is 38.7 Å². The van der Waals surface area contributed by atoms with Gasteiger partial charge < -0.3 is 15.2 Å². The van der Waals surface area contributed by atoms with Crippen LogP contribution in [0.25, 0.3) is 55.9 Å². The Labute approximate surface area is 313 Å². The highest BCUT2D eigenvalue weighted by Gasteiger charge is 2.32. The number of halogens is 6. The van der Waals surface area contributed by atoms with E-state index in [1.807, 2.05) is 31.2 Å². The molecule has 0 saturated carbocycles. The van der Waals surface area contributed by atoms with E-state index in [0.717, 1.165) is 28.0 Å². The minimum Gasteiger partial charge on any atom is -0.406 e. The Bertz CT molecular complexity index is 2850. The van der Waals surface area contributed by atoms with Gasteiger partial charge in [0, 0.05) is 41.2 Å². The number of benzene rings is 3. The molecule has 56 heavy (non-hydrogen) atoms. The Morgan fingerprint density at radius 2 is 1.14 bits per heavy atom. The number of carbonyl (C=O) groups excluding carboxylic acids is 1. The number of carbonyl (C=O) groups is 1. The van der Waals surface area contributed by atoms with Crippen molar-refractivity contribution in [2.45, 2.75) is 47.3 Å². The van der Waals surface area contributed by atoms with E-state index in [4.69, 9.17) is 5.73 Å². The van der Waals surface area contributed by atoms with Crippen molar-refractivity contribution in [2.75, 3.05) is 0 Å². The molecule has 0 bridgehead atoms. The monoisotopic (exact) mass is 772 g/mol. The molecule has 0 radical (unpaired) electrons. The van der Waals surface area contributed by atoms with E-state index in [1.165, 1.54) is 36.4 Å². The van der Waals surface area contributed by atoms with Crippen molar-refractivity contribution in [1.29, 1.82) is 0 Å². The lowest BCUT2D eigenvalue weighted by atomic mass is 10.1. The number of amides is 1. The second kappa shape index (κ2) is 13.8. The van der Waals surface area contributed by atoms with Crippen LogP contribution in [-0.4, -0.2) is 52.4 Å². The largest absolute Gasteiger partial charge is 0.573 e. The molecule has 3 aromatic carbocycles. The fraction of sp³-hybridized carbons (Fsp3) is 0.179. The number of aryl methyl sites for hydroxylation is 5. The number of fused-ring (bicyclic) bond motifs is 6. The first-order valence-corrected chi connectivity index (χ1v) is 16.8. The zero-order chi connectivity index (χ0) is 40.3. The van der Waals surface area contributed by atoms with E-state index < -0.39 is 18.6 Å². The summed E-state index contributed by atoms with van der Waals surface area (Å²) < 4.78 is 87.7. The van der Waals surface area contributed by atoms with Crippen molar-refractivity contribution < 1.29 is 40.6 Å². The maximum absolute atomic E-state index is 12.7. The fourth-order valence-corrected chi connectivity index (χ4v) is 6.70. The molecule has 0 aliphatic carbocycles. The summed E-state index contributed by atoms with van der Waals surface area (Å²) in [6, 6.07) is 16.5. The van der Waals surface area contributed by atoms with Gasteiger partial charge in [-0.1, -0.05) is 12.1 Å². The van der Waals surface area contributed by atoms with Crippen molar-refractivity contribution in [1.82, 2.24) is 33.7 Å². The smallest absolute Gasteiger partial charge is 0.406 e. The van der Waals surface area contributed by atoms with E-state index >= 15 is 0 Å². The number of nitrogens with zero attached hydrogens (tertiary/aromatic N) is 7. The maximum Gasteiger partial charge on any atom is 0.573 e. The van der Waals surface area contributed by atoms with Gasteiger partial charge in [0.1, 0.15) is 23.1 Å². The molecule has 5 heterocycles. The van der Waals surface area contributed by atoms with Gasteiger partial charge in [-0.25, -0.2) is 19.9 Å². The number of imidazole rings is 2. The third kappa shape index (κ3) is 7.22. The lowest BCUT2D eigenvalue weighted by molar-refractivity contribution is -0.275. The standard InChI is InChI=1S/C20H15F3N4O2.C19H15F3N4O/c1-10-17-11(2)26-19(13-5-3-4-12(8-13)18(24)28)27(17)16-9-14(29-20(21,22)23)6-7-15(16)25-10;1-10-9-23-7-6-14(10)18-25-12(3)17-11(2)24-15-5-4-13(27-19(20,21)22)8-16(15)26(17)18/h3-9H,1-2H3,(H2,24,28);4-9H,1-3H3. The molecular weight excluding hydrogens is 742 g/mol. The maximum atomic E-state index is 12.7. The zero-order valence-corrected chi connectivity index (χ0v) is 30.2. The summed E-state index contributed by atoms with van der Waals surface area (Å²) in [6.45, 7) is 9.20. The van der Waals surface area contributed by atoms with E-state index in [1.54, 1.807) is 54.9 Å². The Balaban J connectivity index is 0.000000172. The number of nitrogens with two attached hydrogens (primary N) is 1.